The zero-order valence-corrected chi connectivity index (χ0v) is 13.3. The van der Waals surface area contributed by atoms with Gasteiger partial charge in [0.1, 0.15) is 0 Å². The van der Waals surface area contributed by atoms with E-state index in [4.69, 9.17) is 5.84 Å². The fourth-order valence-electron chi connectivity index (χ4n) is 2.89. The maximum Gasteiger partial charge on any atom is 0.150 e. The number of nitrogens with one attached hydrogen (secondary N) is 1. The number of thiazole rings is 1. The summed E-state index contributed by atoms with van der Waals surface area (Å²) in [5.41, 5.74) is 3.83. The Labute approximate surface area is 128 Å². The van der Waals surface area contributed by atoms with Gasteiger partial charge in [-0.1, -0.05) is 12.1 Å². The number of rotatable bonds is 5. The molecule has 0 amide bonds. The van der Waals surface area contributed by atoms with Crippen LogP contribution in [0.2, 0.25) is 0 Å². The van der Waals surface area contributed by atoms with Gasteiger partial charge in [-0.05, 0) is 30.9 Å². The molecule has 5 nitrogen and oxygen atoms in total. The van der Waals surface area contributed by atoms with Gasteiger partial charge in [0.15, 0.2) is 9.84 Å². The van der Waals surface area contributed by atoms with Crippen molar-refractivity contribution in [3.05, 3.63) is 29.3 Å². The second kappa shape index (κ2) is 6.00. The van der Waals surface area contributed by atoms with E-state index in [0.717, 1.165) is 29.8 Å². The van der Waals surface area contributed by atoms with Crippen LogP contribution in [0.25, 0.3) is 10.2 Å². The SMILES string of the molecule is NNC(Cc1nc2ccccc2s1)CC1CCS(=O)(=O)C1. The Bertz CT molecular complexity index is 694. The zero-order valence-electron chi connectivity index (χ0n) is 11.7. The summed E-state index contributed by atoms with van der Waals surface area (Å²) >= 11 is 1.67. The molecule has 1 fully saturated rings. The van der Waals surface area contributed by atoms with Crippen molar-refractivity contribution in [2.75, 3.05) is 11.5 Å². The molecule has 1 aromatic carbocycles. The average Bonchev–Trinajstić information content (AvgIpc) is 3.00. The van der Waals surface area contributed by atoms with Gasteiger partial charge in [0, 0.05) is 12.5 Å². The summed E-state index contributed by atoms with van der Waals surface area (Å²) < 4.78 is 24.2. The van der Waals surface area contributed by atoms with Crippen LogP contribution in [0.3, 0.4) is 0 Å². The van der Waals surface area contributed by atoms with Gasteiger partial charge in [-0.25, -0.2) is 13.4 Å². The number of para-hydroxylation sites is 1. The van der Waals surface area contributed by atoms with Crippen molar-refractivity contribution < 1.29 is 8.42 Å². The molecule has 0 bridgehead atoms. The highest BCUT2D eigenvalue weighted by atomic mass is 32.2. The lowest BCUT2D eigenvalue weighted by atomic mass is 9.98. The normalized spacial score (nSPS) is 22.6. The average molecular weight is 325 g/mol. The number of fused-ring (bicyclic) bond motifs is 1. The molecule has 0 radical (unpaired) electrons. The van der Waals surface area contributed by atoms with Gasteiger partial charge in [0.05, 0.1) is 26.7 Å². The van der Waals surface area contributed by atoms with Crippen LogP contribution in [-0.4, -0.2) is 30.9 Å². The molecular formula is C14H19N3O2S2. The van der Waals surface area contributed by atoms with Crippen molar-refractivity contribution in [2.45, 2.75) is 25.3 Å². The first kappa shape index (κ1) is 14.9. The molecule has 1 aliphatic heterocycles. The van der Waals surface area contributed by atoms with Crippen LogP contribution in [0.15, 0.2) is 24.3 Å². The van der Waals surface area contributed by atoms with E-state index in [1.54, 1.807) is 11.3 Å². The molecule has 0 aliphatic carbocycles. The molecule has 21 heavy (non-hydrogen) atoms. The minimum absolute atomic E-state index is 0.0730. The van der Waals surface area contributed by atoms with Crippen LogP contribution in [0.5, 0.6) is 0 Å². The molecule has 114 valence electrons. The molecule has 2 atom stereocenters. The number of hydrogen-bond donors (Lipinski definition) is 2. The summed E-state index contributed by atoms with van der Waals surface area (Å²) in [5.74, 6) is 6.46. The van der Waals surface area contributed by atoms with E-state index in [0.29, 0.717) is 11.5 Å². The van der Waals surface area contributed by atoms with Gasteiger partial charge in [-0.2, -0.15) is 0 Å². The predicted octanol–water partition coefficient (Wildman–Crippen LogP) is 1.50. The highest BCUT2D eigenvalue weighted by Gasteiger charge is 2.29. The van der Waals surface area contributed by atoms with Crippen LogP contribution in [0.4, 0.5) is 0 Å². The number of benzene rings is 1. The first-order valence-corrected chi connectivity index (χ1v) is 9.70. The van der Waals surface area contributed by atoms with Crippen molar-refractivity contribution in [1.82, 2.24) is 10.4 Å². The number of nitrogens with two attached hydrogens (primary N) is 1. The molecule has 2 aromatic rings. The molecule has 2 unspecified atom stereocenters. The third kappa shape index (κ3) is 3.60. The van der Waals surface area contributed by atoms with Gasteiger partial charge in [0.2, 0.25) is 0 Å². The minimum Gasteiger partial charge on any atom is -0.271 e. The van der Waals surface area contributed by atoms with E-state index < -0.39 is 9.84 Å². The van der Waals surface area contributed by atoms with Crippen molar-refractivity contribution in [2.24, 2.45) is 11.8 Å². The molecule has 0 saturated carbocycles. The zero-order chi connectivity index (χ0) is 14.9. The molecule has 2 heterocycles. The smallest absolute Gasteiger partial charge is 0.150 e. The van der Waals surface area contributed by atoms with Crippen molar-refractivity contribution in [3.63, 3.8) is 0 Å². The summed E-state index contributed by atoms with van der Waals surface area (Å²) in [4.78, 5) is 4.61. The first-order chi connectivity index (χ1) is 10.1. The van der Waals surface area contributed by atoms with Gasteiger partial charge in [-0.15, -0.1) is 11.3 Å². The number of aromatic nitrogens is 1. The Kier molecular flexibility index (Phi) is 4.26. The van der Waals surface area contributed by atoms with E-state index in [9.17, 15) is 8.42 Å². The minimum atomic E-state index is -2.82. The summed E-state index contributed by atoms with van der Waals surface area (Å²) in [5, 5.41) is 1.04. The van der Waals surface area contributed by atoms with Crippen LogP contribution >= 0.6 is 11.3 Å². The highest BCUT2D eigenvalue weighted by Crippen LogP contribution is 2.26. The third-order valence-electron chi connectivity index (χ3n) is 3.94. The van der Waals surface area contributed by atoms with Crippen LogP contribution in [0.1, 0.15) is 17.8 Å². The maximum absolute atomic E-state index is 11.5. The van der Waals surface area contributed by atoms with Crippen LogP contribution in [0, 0.1) is 5.92 Å². The first-order valence-electron chi connectivity index (χ1n) is 7.07. The topological polar surface area (TPSA) is 85.1 Å². The lowest BCUT2D eigenvalue weighted by molar-refractivity contribution is 0.408. The fourth-order valence-corrected chi connectivity index (χ4v) is 5.82. The molecule has 3 N–H and O–H groups in total. The van der Waals surface area contributed by atoms with Crippen molar-refractivity contribution in [3.8, 4) is 0 Å². The molecule has 7 heteroatoms. The van der Waals surface area contributed by atoms with Gasteiger partial charge in [0.25, 0.3) is 0 Å². The van der Waals surface area contributed by atoms with E-state index >= 15 is 0 Å². The summed E-state index contributed by atoms with van der Waals surface area (Å²) in [6, 6.07) is 8.12. The second-order valence-electron chi connectivity index (χ2n) is 5.65. The Morgan fingerprint density at radius 1 is 1.43 bits per heavy atom. The van der Waals surface area contributed by atoms with Crippen LogP contribution in [-0.2, 0) is 16.3 Å². The Hall–Kier alpha value is -1.02. The van der Waals surface area contributed by atoms with Gasteiger partial charge >= 0.3 is 0 Å². The lowest BCUT2D eigenvalue weighted by Crippen LogP contribution is -2.38. The van der Waals surface area contributed by atoms with E-state index in [2.05, 4.69) is 16.5 Å². The summed E-state index contributed by atoms with van der Waals surface area (Å²) in [6.45, 7) is 0. The van der Waals surface area contributed by atoms with Crippen LogP contribution < -0.4 is 11.3 Å². The Balaban J connectivity index is 1.66. The molecule has 1 aliphatic rings. The quantitative estimate of drug-likeness (QED) is 0.643. The second-order valence-corrected chi connectivity index (χ2v) is 8.99. The van der Waals surface area contributed by atoms with Gasteiger partial charge < -0.3 is 0 Å². The van der Waals surface area contributed by atoms with Gasteiger partial charge in [-0.3, -0.25) is 11.3 Å². The standard InChI is InChI=1S/C14H19N3O2S2/c15-17-11(7-10-5-6-21(18,19)9-10)8-14-16-12-3-1-2-4-13(12)20-14/h1-4,10-11,17H,5-9,15H2. The lowest BCUT2D eigenvalue weighted by Gasteiger charge is -2.17. The number of hydrazine groups is 1. The number of hydrogen-bond acceptors (Lipinski definition) is 6. The van der Waals surface area contributed by atoms with E-state index in [-0.39, 0.29) is 12.0 Å². The molecule has 0 spiro atoms. The monoisotopic (exact) mass is 325 g/mol. The largest absolute Gasteiger partial charge is 0.271 e. The summed E-state index contributed by atoms with van der Waals surface area (Å²) in [7, 11) is -2.82. The molecule has 1 saturated heterocycles. The molecular weight excluding hydrogens is 306 g/mol. The predicted molar refractivity (Wildman–Crippen MR) is 85.8 cm³/mol. The third-order valence-corrected chi connectivity index (χ3v) is 6.84. The number of nitrogens with zero attached hydrogens (tertiary/aromatic N) is 1. The van der Waals surface area contributed by atoms with E-state index in [1.165, 1.54) is 4.70 Å². The number of sulfone groups is 1. The Morgan fingerprint density at radius 3 is 2.90 bits per heavy atom. The maximum atomic E-state index is 11.5. The molecule has 3 rings (SSSR count). The van der Waals surface area contributed by atoms with Crippen molar-refractivity contribution >= 4 is 31.4 Å². The fraction of sp³-hybridized carbons (Fsp3) is 0.500. The molecule has 1 aromatic heterocycles. The Morgan fingerprint density at radius 2 is 2.24 bits per heavy atom. The summed E-state index contributed by atoms with van der Waals surface area (Å²) in [6.07, 6.45) is 2.28. The van der Waals surface area contributed by atoms with E-state index in [1.807, 2.05) is 18.2 Å². The van der Waals surface area contributed by atoms with Crippen molar-refractivity contribution in [1.29, 1.82) is 0 Å². The highest BCUT2D eigenvalue weighted by molar-refractivity contribution is 7.91.